The molecule has 0 atom stereocenters. The molecule has 1 saturated heterocycles. The van der Waals surface area contributed by atoms with E-state index in [9.17, 15) is 0 Å². The van der Waals surface area contributed by atoms with Crippen molar-refractivity contribution < 1.29 is 9.26 Å². The topological polar surface area (TPSA) is 64.3 Å². The van der Waals surface area contributed by atoms with Crippen LogP contribution in [0.1, 0.15) is 25.0 Å². The molecule has 1 aliphatic rings. The van der Waals surface area contributed by atoms with Gasteiger partial charge in [-0.2, -0.15) is 4.98 Å². The highest BCUT2D eigenvalue weighted by molar-refractivity contribution is 5.87. The summed E-state index contributed by atoms with van der Waals surface area (Å²) in [6, 6.07) is 0. The Morgan fingerprint density at radius 3 is 2.90 bits per heavy atom. The lowest BCUT2D eigenvalue weighted by molar-refractivity contribution is 0.0645. The Labute approximate surface area is 118 Å². The average Bonchev–Trinajstić information content (AvgIpc) is 2.87. The molecule has 0 aliphatic carbocycles. The minimum atomic E-state index is 0.561. The van der Waals surface area contributed by atoms with Crippen molar-refractivity contribution in [3.05, 3.63) is 12.0 Å². The van der Waals surface area contributed by atoms with Gasteiger partial charge in [-0.25, -0.2) is 4.98 Å². The van der Waals surface area contributed by atoms with Gasteiger partial charge in [0.1, 0.15) is 17.5 Å². The smallest absolute Gasteiger partial charge is 0.263 e. The molecule has 0 unspecified atom stereocenters. The molecule has 0 aromatic carbocycles. The van der Waals surface area contributed by atoms with E-state index in [1.165, 1.54) is 19.2 Å². The molecule has 20 heavy (non-hydrogen) atoms. The van der Waals surface area contributed by atoms with Gasteiger partial charge in [0.05, 0.1) is 5.69 Å². The van der Waals surface area contributed by atoms with Crippen LogP contribution in [0.4, 0.5) is 5.82 Å². The van der Waals surface area contributed by atoms with E-state index in [1.54, 1.807) is 0 Å². The van der Waals surface area contributed by atoms with Gasteiger partial charge in [0.25, 0.3) is 5.71 Å². The number of hydrogen-bond acceptors (Lipinski definition) is 6. The van der Waals surface area contributed by atoms with E-state index in [4.69, 9.17) is 9.26 Å². The highest BCUT2D eigenvalue weighted by Gasteiger charge is 2.18. The molecule has 0 spiro atoms. The third kappa shape index (κ3) is 2.60. The fourth-order valence-electron chi connectivity index (χ4n) is 2.71. The highest BCUT2D eigenvalue weighted by Crippen LogP contribution is 2.26. The van der Waals surface area contributed by atoms with Crippen LogP contribution in [-0.2, 0) is 4.74 Å². The van der Waals surface area contributed by atoms with E-state index in [0.29, 0.717) is 5.71 Å². The van der Waals surface area contributed by atoms with Gasteiger partial charge in [0, 0.05) is 26.8 Å². The van der Waals surface area contributed by atoms with Gasteiger partial charge >= 0.3 is 0 Å². The molecule has 0 amide bonds. The zero-order chi connectivity index (χ0) is 13.9. The van der Waals surface area contributed by atoms with Gasteiger partial charge in [-0.05, 0) is 32.1 Å². The summed E-state index contributed by atoms with van der Waals surface area (Å²) >= 11 is 0. The van der Waals surface area contributed by atoms with E-state index in [2.05, 4.69) is 27.1 Å². The summed E-state index contributed by atoms with van der Waals surface area (Å²) < 4.78 is 10.6. The second-order valence-corrected chi connectivity index (χ2v) is 5.41. The van der Waals surface area contributed by atoms with Crippen LogP contribution in [0.15, 0.2) is 10.9 Å². The molecule has 1 aliphatic heterocycles. The number of ether oxygens (including phenoxy) is 1. The standard InChI is InChI=1S/C14H20N4O2/c1-10-12-13(15-9-16-14(12)20-17-10)18(2)6-3-11-4-7-19-8-5-11/h9,11H,3-8H2,1-2H3. The van der Waals surface area contributed by atoms with Crippen LogP contribution in [0.3, 0.4) is 0 Å². The van der Waals surface area contributed by atoms with Crippen molar-refractivity contribution in [3.63, 3.8) is 0 Å². The maximum atomic E-state index is 5.40. The summed E-state index contributed by atoms with van der Waals surface area (Å²) in [5, 5.41) is 4.89. The largest absolute Gasteiger partial charge is 0.381 e. The van der Waals surface area contributed by atoms with Crippen LogP contribution in [0.2, 0.25) is 0 Å². The molecule has 3 heterocycles. The Morgan fingerprint density at radius 2 is 2.10 bits per heavy atom. The van der Waals surface area contributed by atoms with Gasteiger partial charge in [0.2, 0.25) is 0 Å². The lowest BCUT2D eigenvalue weighted by atomic mass is 9.96. The van der Waals surface area contributed by atoms with Gasteiger partial charge in [-0.15, -0.1) is 0 Å². The normalized spacial score (nSPS) is 16.7. The fraction of sp³-hybridized carbons (Fsp3) is 0.643. The van der Waals surface area contributed by atoms with Crippen LogP contribution >= 0.6 is 0 Å². The van der Waals surface area contributed by atoms with Crippen LogP contribution in [0.25, 0.3) is 11.1 Å². The minimum absolute atomic E-state index is 0.561. The second-order valence-electron chi connectivity index (χ2n) is 5.41. The van der Waals surface area contributed by atoms with Crippen molar-refractivity contribution in [1.82, 2.24) is 15.1 Å². The predicted octanol–water partition coefficient (Wildman–Crippen LogP) is 2.18. The third-order valence-electron chi connectivity index (χ3n) is 4.00. The maximum Gasteiger partial charge on any atom is 0.263 e. The molecule has 0 saturated carbocycles. The number of nitrogens with zero attached hydrogens (tertiary/aromatic N) is 4. The van der Waals surface area contributed by atoms with Crippen molar-refractivity contribution in [1.29, 1.82) is 0 Å². The lowest BCUT2D eigenvalue weighted by Gasteiger charge is -2.25. The molecular formula is C14H20N4O2. The first-order valence-corrected chi connectivity index (χ1v) is 7.11. The Bertz CT molecular complexity index is 578. The maximum absolute atomic E-state index is 5.40. The van der Waals surface area contributed by atoms with Gasteiger partial charge < -0.3 is 14.2 Å². The summed E-state index contributed by atoms with van der Waals surface area (Å²) in [5.41, 5.74) is 1.40. The van der Waals surface area contributed by atoms with Crippen LogP contribution in [-0.4, -0.2) is 41.9 Å². The number of rotatable bonds is 4. The molecule has 3 rings (SSSR count). The van der Waals surface area contributed by atoms with Crippen molar-refractivity contribution in [2.45, 2.75) is 26.2 Å². The summed E-state index contributed by atoms with van der Waals surface area (Å²) in [6.45, 7) is 4.69. The zero-order valence-electron chi connectivity index (χ0n) is 12.0. The Balaban J connectivity index is 1.71. The number of anilines is 1. The lowest BCUT2D eigenvalue weighted by Crippen LogP contribution is -2.25. The number of hydrogen-bond donors (Lipinski definition) is 0. The van der Waals surface area contributed by atoms with Crippen molar-refractivity contribution >= 4 is 16.9 Å². The van der Waals surface area contributed by atoms with E-state index < -0.39 is 0 Å². The van der Waals surface area contributed by atoms with Crippen molar-refractivity contribution in [2.75, 3.05) is 31.7 Å². The van der Waals surface area contributed by atoms with E-state index in [0.717, 1.165) is 49.0 Å². The first-order valence-electron chi connectivity index (χ1n) is 7.11. The number of fused-ring (bicyclic) bond motifs is 1. The molecule has 1 fully saturated rings. The Kier molecular flexibility index (Phi) is 3.82. The van der Waals surface area contributed by atoms with Crippen LogP contribution < -0.4 is 4.90 Å². The first-order chi connectivity index (χ1) is 9.75. The molecule has 0 N–H and O–H groups in total. The second kappa shape index (κ2) is 5.75. The monoisotopic (exact) mass is 276 g/mol. The quantitative estimate of drug-likeness (QED) is 0.852. The summed E-state index contributed by atoms with van der Waals surface area (Å²) in [4.78, 5) is 10.7. The third-order valence-corrected chi connectivity index (χ3v) is 4.00. The van der Waals surface area contributed by atoms with E-state index >= 15 is 0 Å². The first kappa shape index (κ1) is 13.3. The summed E-state index contributed by atoms with van der Waals surface area (Å²) in [7, 11) is 2.06. The molecule has 0 radical (unpaired) electrons. The molecule has 6 nitrogen and oxygen atoms in total. The zero-order valence-corrected chi connectivity index (χ0v) is 12.0. The highest BCUT2D eigenvalue weighted by atomic mass is 16.5. The molecule has 108 valence electrons. The minimum Gasteiger partial charge on any atom is -0.381 e. The van der Waals surface area contributed by atoms with E-state index in [-0.39, 0.29) is 0 Å². The molecular weight excluding hydrogens is 256 g/mol. The summed E-state index contributed by atoms with van der Waals surface area (Å²) in [6.07, 6.45) is 5.03. The van der Waals surface area contributed by atoms with Gasteiger partial charge in [-0.1, -0.05) is 5.16 Å². The summed E-state index contributed by atoms with van der Waals surface area (Å²) in [5.74, 6) is 1.66. The average molecular weight is 276 g/mol. The molecule has 2 aromatic heterocycles. The van der Waals surface area contributed by atoms with Crippen molar-refractivity contribution in [2.24, 2.45) is 5.92 Å². The molecule has 6 heteroatoms. The molecule has 0 bridgehead atoms. The Morgan fingerprint density at radius 1 is 1.30 bits per heavy atom. The van der Waals surface area contributed by atoms with Crippen LogP contribution in [0.5, 0.6) is 0 Å². The van der Waals surface area contributed by atoms with Gasteiger partial charge in [0.15, 0.2) is 0 Å². The van der Waals surface area contributed by atoms with E-state index in [1.807, 2.05) is 6.92 Å². The molecule has 2 aromatic rings. The van der Waals surface area contributed by atoms with Crippen LogP contribution in [0, 0.1) is 12.8 Å². The fourth-order valence-corrected chi connectivity index (χ4v) is 2.71. The number of aromatic nitrogens is 3. The predicted molar refractivity (Wildman–Crippen MR) is 75.8 cm³/mol. The van der Waals surface area contributed by atoms with Gasteiger partial charge in [-0.3, -0.25) is 0 Å². The SMILES string of the molecule is Cc1noc2ncnc(N(C)CCC3CCOCC3)c12. The Hall–Kier alpha value is -1.69. The van der Waals surface area contributed by atoms with Crippen molar-refractivity contribution in [3.8, 4) is 0 Å². The number of aryl methyl sites for hydroxylation is 1.